The van der Waals surface area contributed by atoms with Crippen molar-refractivity contribution in [2.24, 2.45) is 0 Å². The zero-order chi connectivity index (χ0) is 21.6. The molecule has 1 aromatic carbocycles. The number of hydrogen-bond donors (Lipinski definition) is 1. The van der Waals surface area contributed by atoms with E-state index >= 15 is 0 Å². The van der Waals surface area contributed by atoms with Gasteiger partial charge in [0.05, 0.1) is 19.0 Å². The molecule has 0 spiro atoms. The standard InChI is InChI=1S/C25H36N2O3/c1-3-5-6-7-8-9-10-11-16-30-22-18-26-25(27-19-22)21-14-12-20(13-15-21)17-24(29)23(28)4-2/h12-15,18-19,24,29H,3-11,16-17H2,1-2H3. The van der Waals surface area contributed by atoms with Crippen molar-refractivity contribution in [1.29, 1.82) is 0 Å². The number of benzene rings is 1. The quantitative estimate of drug-likeness (QED) is 0.389. The summed E-state index contributed by atoms with van der Waals surface area (Å²) in [5, 5.41) is 9.86. The highest BCUT2D eigenvalue weighted by atomic mass is 16.5. The number of carbonyl (C=O) groups is 1. The van der Waals surface area contributed by atoms with Crippen LogP contribution in [0.3, 0.4) is 0 Å². The summed E-state index contributed by atoms with van der Waals surface area (Å²) in [5.41, 5.74) is 1.81. The lowest BCUT2D eigenvalue weighted by Crippen LogP contribution is -2.21. The van der Waals surface area contributed by atoms with Crippen molar-refractivity contribution in [3.8, 4) is 17.1 Å². The fourth-order valence-corrected chi connectivity index (χ4v) is 3.33. The number of ether oxygens (including phenoxy) is 1. The Hall–Kier alpha value is -2.27. The van der Waals surface area contributed by atoms with Crippen molar-refractivity contribution in [2.45, 2.75) is 84.2 Å². The van der Waals surface area contributed by atoms with Gasteiger partial charge in [-0.25, -0.2) is 9.97 Å². The minimum atomic E-state index is -0.936. The lowest BCUT2D eigenvalue weighted by Gasteiger charge is -2.09. The van der Waals surface area contributed by atoms with Crippen LogP contribution in [-0.4, -0.2) is 33.6 Å². The van der Waals surface area contributed by atoms with Crippen molar-refractivity contribution in [3.63, 3.8) is 0 Å². The smallest absolute Gasteiger partial charge is 0.161 e. The maximum atomic E-state index is 11.5. The van der Waals surface area contributed by atoms with Gasteiger partial charge in [0.2, 0.25) is 0 Å². The van der Waals surface area contributed by atoms with E-state index in [-0.39, 0.29) is 5.78 Å². The first-order chi connectivity index (χ1) is 14.6. The number of hydrogen-bond acceptors (Lipinski definition) is 5. The summed E-state index contributed by atoms with van der Waals surface area (Å²) < 4.78 is 5.75. The number of aromatic nitrogens is 2. The monoisotopic (exact) mass is 412 g/mol. The average molecular weight is 413 g/mol. The topological polar surface area (TPSA) is 72.3 Å². The number of nitrogens with zero attached hydrogens (tertiary/aromatic N) is 2. The molecule has 0 saturated heterocycles. The Morgan fingerprint density at radius 1 is 0.933 bits per heavy atom. The van der Waals surface area contributed by atoms with Gasteiger partial charge >= 0.3 is 0 Å². The van der Waals surface area contributed by atoms with Gasteiger partial charge in [-0.3, -0.25) is 4.79 Å². The molecule has 0 fully saturated rings. The third-order valence-electron chi connectivity index (χ3n) is 5.26. The highest BCUT2D eigenvalue weighted by molar-refractivity contribution is 5.82. The number of aliphatic hydroxyl groups is 1. The van der Waals surface area contributed by atoms with Gasteiger partial charge in [0.1, 0.15) is 6.10 Å². The fraction of sp³-hybridized carbons (Fsp3) is 0.560. The molecule has 0 aliphatic heterocycles. The van der Waals surface area contributed by atoms with Crippen LogP contribution in [-0.2, 0) is 11.2 Å². The molecule has 2 rings (SSSR count). The highest BCUT2D eigenvalue weighted by Gasteiger charge is 2.13. The van der Waals surface area contributed by atoms with E-state index in [0.29, 0.717) is 31.0 Å². The molecule has 1 N–H and O–H groups in total. The summed E-state index contributed by atoms with van der Waals surface area (Å²) in [6, 6.07) is 7.62. The molecule has 1 heterocycles. The number of ketones is 1. The van der Waals surface area contributed by atoms with Gasteiger partial charge in [-0.05, 0) is 12.0 Å². The van der Waals surface area contributed by atoms with E-state index in [4.69, 9.17) is 4.74 Å². The molecular weight excluding hydrogens is 376 g/mol. The number of carbonyl (C=O) groups excluding carboxylic acids is 1. The first-order valence-electron chi connectivity index (χ1n) is 11.4. The Morgan fingerprint density at radius 2 is 1.53 bits per heavy atom. The van der Waals surface area contributed by atoms with Crippen LogP contribution in [0.5, 0.6) is 5.75 Å². The van der Waals surface area contributed by atoms with Crippen molar-refractivity contribution in [2.75, 3.05) is 6.61 Å². The van der Waals surface area contributed by atoms with E-state index < -0.39 is 6.10 Å². The first-order valence-corrected chi connectivity index (χ1v) is 11.4. The molecule has 0 aliphatic carbocycles. The summed E-state index contributed by atoms with van der Waals surface area (Å²) in [7, 11) is 0. The van der Waals surface area contributed by atoms with Crippen molar-refractivity contribution < 1.29 is 14.6 Å². The van der Waals surface area contributed by atoms with Crippen LogP contribution in [0.15, 0.2) is 36.7 Å². The lowest BCUT2D eigenvalue weighted by molar-refractivity contribution is -0.126. The Morgan fingerprint density at radius 3 is 2.13 bits per heavy atom. The molecule has 0 amide bonds. The molecule has 0 bridgehead atoms. The minimum absolute atomic E-state index is 0.134. The Balaban J connectivity index is 1.71. The normalized spacial score (nSPS) is 12.0. The molecule has 1 unspecified atom stereocenters. The predicted octanol–water partition coefficient (Wildman–Crippen LogP) is 5.55. The third kappa shape index (κ3) is 8.62. The second-order valence-electron chi connectivity index (χ2n) is 7.80. The molecular formula is C25H36N2O3. The van der Waals surface area contributed by atoms with E-state index in [2.05, 4.69) is 16.9 Å². The second kappa shape index (κ2) is 13.9. The van der Waals surface area contributed by atoms with Crippen LogP contribution in [0, 0.1) is 0 Å². The number of rotatable bonds is 15. The minimum Gasteiger partial charge on any atom is -0.490 e. The first kappa shape index (κ1) is 24.0. The maximum Gasteiger partial charge on any atom is 0.161 e. The Kier molecular flexibility index (Phi) is 11.1. The molecule has 2 aromatic rings. The van der Waals surface area contributed by atoms with Gasteiger partial charge in [0.15, 0.2) is 17.4 Å². The number of unbranched alkanes of at least 4 members (excludes halogenated alkanes) is 7. The molecule has 0 aliphatic rings. The van der Waals surface area contributed by atoms with Crippen LogP contribution in [0.4, 0.5) is 0 Å². The van der Waals surface area contributed by atoms with Crippen molar-refractivity contribution in [1.82, 2.24) is 9.97 Å². The maximum absolute atomic E-state index is 11.5. The second-order valence-corrected chi connectivity index (χ2v) is 7.80. The van der Waals surface area contributed by atoms with E-state index in [1.165, 1.54) is 44.9 Å². The van der Waals surface area contributed by atoms with Gasteiger partial charge in [-0.1, -0.05) is 83.1 Å². The molecule has 164 valence electrons. The van der Waals surface area contributed by atoms with Gasteiger partial charge in [0, 0.05) is 18.4 Å². The van der Waals surface area contributed by atoms with Gasteiger partial charge in [-0.15, -0.1) is 0 Å². The van der Waals surface area contributed by atoms with E-state index in [0.717, 1.165) is 17.5 Å². The van der Waals surface area contributed by atoms with Crippen LogP contribution >= 0.6 is 0 Å². The molecule has 0 radical (unpaired) electrons. The predicted molar refractivity (Wildman–Crippen MR) is 121 cm³/mol. The van der Waals surface area contributed by atoms with Gasteiger partial charge < -0.3 is 9.84 Å². The van der Waals surface area contributed by atoms with Crippen molar-refractivity contribution >= 4 is 5.78 Å². The van der Waals surface area contributed by atoms with E-state index in [1.807, 2.05) is 24.3 Å². The zero-order valence-electron chi connectivity index (χ0n) is 18.5. The number of Topliss-reactive ketones (excluding diaryl/α,β-unsaturated/α-hetero) is 1. The van der Waals surface area contributed by atoms with E-state index in [1.54, 1.807) is 19.3 Å². The summed E-state index contributed by atoms with van der Waals surface area (Å²) in [6.07, 6.45) is 13.4. The van der Waals surface area contributed by atoms with Crippen LogP contribution in [0.2, 0.25) is 0 Å². The summed E-state index contributed by atoms with van der Waals surface area (Å²) in [5.74, 6) is 1.19. The summed E-state index contributed by atoms with van der Waals surface area (Å²) >= 11 is 0. The molecule has 1 atom stereocenters. The molecule has 1 aromatic heterocycles. The van der Waals surface area contributed by atoms with Crippen molar-refractivity contribution in [3.05, 3.63) is 42.2 Å². The molecule has 0 saturated carbocycles. The molecule has 5 nitrogen and oxygen atoms in total. The van der Waals surface area contributed by atoms with Gasteiger partial charge in [0.25, 0.3) is 0 Å². The Labute approximate surface area is 180 Å². The molecule has 5 heteroatoms. The zero-order valence-corrected chi connectivity index (χ0v) is 18.5. The van der Waals surface area contributed by atoms with E-state index in [9.17, 15) is 9.90 Å². The van der Waals surface area contributed by atoms with Crippen LogP contribution in [0.25, 0.3) is 11.4 Å². The van der Waals surface area contributed by atoms with Gasteiger partial charge in [-0.2, -0.15) is 0 Å². The van der Waals surface area contributed by atoms with Crippen LogP contribution in [0.1, 0.15) is 77.2 Å². The average Bonchev–Trinajstić information content (AvgIpc) is 2.78. The number of aliphatic hydroxyl groups excluding tert-OH is 1. The highest BCUT2D eigenvalue weighted by Crippen LogP contribution is 2.18. The SMILES string of the molecule is CCCCCCCCCCOc1cnc(-c2ccc(CC(O)C(=O)CC)cc2)nc1. The fourth-order valence-electron chi connectivity index (χ4n) is 3.33. The Bertz CT molecular complexity index is 729. The third-order valence-corrected chi connectivity index (χ3v) is 5.26. The van der Waals surface area contributed by atoms with Crippen LogP contribution < -0.4 is 4.74 Å². The summed E-state index contributed by atoms with van der Waals surface area (Å²) in [6.45, 7) is 4.70. The summed E-state index contributed by atoms with van der Waals surface area (Å²) in [4.78, 5) is 20.3. The molecule has 30 heavy (non-hydrogen) atoms. The largest absolute Gasteiger partial charge is 0.490 e. The lowest BCUT2D eigenvalue weighted by atomic mass is 10.0.